The molecule has 0 saturated carbocycles. The zero-order valence-electron chi connectivity index (χ0n) is 12.7. The van der Waals surface area contributed by atoms with Crippen LogP contribution >= 0.6 is 0 Å². The number of fused-ring (bicyclic) bond motifs is 1. The summed E-state index contributed by atoms with van der Waals surface area (Å²) >= 11 is 0. The van der Waals surface area contributed by atoms with E-state index in [-0.39, 0.29) is 0 Å². The predicted octanol–water partition coefficient (Wildman–Crippen LogP) is 2.71. The van der Waals surface area contributed by atoms with Crippen LogP contribution in [0.2, 0.25) is 0 Å². The second kappa shape index (κ2) is 6.58. The van der Waals surface area contributed by atoms with Crippen LogP contribution in [0.15, 0.2) is 30.5 Å². The molecule has 1 aromatic heterocycles. The second-order valence-electron chi connectivity index (χ2n) is 5.80. The largest absolute Gasteiger partial charge is 0.497 e. The average molecular weight is 304 g/mol. The number of benzene rings is 1. The van der Waals surface area contributed by atoms with E-state index in [0.29, 0.717) is 19.5 Å². The molecule has 2 atom stereocenters. The molecule has 1 unspecified atom stereocenters. The van der Waals surface area contributed by atoms with E-state index in [1.807, 2.05) is 29.2 Å². The van der Waals surface area contributed by atoms with E-state index in [1.165, 1.54) is 0 Å². The van der Waals surface area contributed by atoms with Crippen LogP contribution in [0, 0.1) is 0 Å². The zero-order chi connectivity index (χ0) is 15.5. The molecule has 22 heavy (non-hydrogen) atoms. The number of nitrogens with zero attached hydrogens (tertiary/aromatic N) is 2. The van der Waals surface area contributed by atoms with Gasteiger partial charge in [0, 0.05) is 24.7 Å². The standard InChI is InChI=1S/C17H21FN2O2/c1-22-13-4-5-16-15(9-13)14(6-7-19-16)17(21)11-20-8-2-3-12(18)10-20/h4-7,9,12,17,21H,2-3,8,10-11H2,1H3/t12-,17?/m1/s1. The quantitative estimate of drug-likeness (QED) is 0.943. The van der Waals surface area contributed by atoms with E-state index in [4.69, 9.17) is 4.74 Å². The molecule has 4 nitrogen and oxygen atoms in total. The van der Waals surface area contributed by atoms with E-state index in [2.05, 4.69) is 4.98 Å². The number of aliphatic hydroxyl groups is 1. The third-order valence-corrected chi connectivity index (χ3v) is 4.22. The van der Waals surface area contributed by atoms with Crippen molar-refractivity contribution in [1.29, 1.82) is 0 Å². The molecule has 1 aliphatic rings. The van der Waals surface area contributed by atoms with Crippen molar-refractivity contribution in [1.82, 2.24) is 9.88 Å². The average Bonchev–Trinajstić information content (AvgIpc) is 2.53. The van der Waals surface area contributed by atoms with Crippen LogP contribution in [-0.4, -0.2) is 47.9 Å². The number of hydrogen-bond acceptors (Lipinski definition) is 4. The van der Waals surface area contributed by atoms with Crippen molar-refractivity contribution in [2.24, 2.45) is 0 Å². The predicted molar refractivity (Wildman–Crippen MR) is 83.8 cm³/mol. The highest BCUT2D eigenvalue weighted by molar-refractivity contribution is 5.83. The number of aliphatic hydroxyl groups excluding tert-OH is 1. The molecule has 0 bridgehead atoms. The Kier molecular flexibility index (Phi) is 4.55. The molecule has 5 heteroatoms. The summed E-state index contributed by atoms with van der Waals surface area (Å²) in [5.41, 5.74) is 1.63. The molecule has 0 radical (unpaired) electrons. The molecule has 0 amide bonds. The molecule has 1 saturated heterocycles. The topological polar surface area (TPSA) is 45.6 Å². The Morgan fingerprint density at radius 2 is 2.32 bits per heavy atom. The maximum absolute atomic E-state index is 13.5. The van der Waals surface area contributed by atoms with Gasteiger partial charge in [0.1, 0.15) is 11.9 Å². The second-order valence-corrected chi connectivity index (χ2v) is 5.80. The molecule has 1 fully saturated rings. The van der Waals surface area contributed by atoms with E-state index in [9.17, 15) is 9.50 Å². The van der Waals surface area contributed by atoms with Crippen LogP contribution in [0.3, 0.4) is 0 Å². The summed E-state index contributed by atoms with van der Waals surface area (Å²) in [4.78, 5) is 6.31. The van der Waals surface area contributed by atoms with Crippen molar-refractivity contribution in [2.75, 3.05) is 26.7 Å². The van der Waals surface area contributed by atoms with E-state index in [0.717, 1.165) is 35.2 Å². The Morgan fingerprint density at radius 1 is 1.45 bits per heavy atom. The summed E-state index contributed by atoms with van der Waals surface area (Å²) in [6, 6.07) is 7.44. The lowest BCUT2D eigenvalue weighted by atomic mass is 10.0. The van der Waals surface area contributed by atoms with Gasteiger partial charge in [-0.2, -0.15) is 0 Å². The van der Waals surface area contributed by atoms with Crippen LogP contribution in [0.5, 0.6) is 5.75 Å². The normalized spacial score (nSPS) is 21.0. The summed E-state index contributed by atoms with van der Waals surface area (Å²) in [7, 11) is 1.61. The van der Waals surface area contributed by atoms with Crippen molar-refractivity contribution < 1.29 is 14.2 Å². The Hall–Kier alpha value is -1.72. The smallest absolute Gasteiger partial charge is 0.119 e. The van der Waals surface area contributed by atoms with Gasteiger partial charge in [-0.25, -0.2) is 4.39 Å². The van der Waals surface area contributed by atoms with Gasteiger partial charge in [0.2, 0.25) is 0 Å². The van der Waals surface area contributed by atoms with Crippen LogP contribution < -0.4 is 4.74 Å². The Balaban J connectivity index is 1.85. The minimum atomic E-state index is -0.782. The van der Waals surface area contributed by atoms with Gasteiger partial charge in [-0.1, -0.05) is 0 Å². The van der Waals surface area contributed by atoms with E-state index >= 15 is 0 Å². The summed E-state index contributed by atoms with van der Waals surface area (Å²) in [5.74, 6) is 0.732. The number of hydrogen-bond donors (Lipinski definition) is 1. The molecule has 0 aliphatic carbocycles. The van der Waals surface area contributed by atoms with Gasteiger partial charge >= 0.3 is 0 Å². The molecular formula is C17H21FN2O2. The maximum Gasteiger partial charge on any atom is 0.119 e. The zero-order valence-corrected chi connectivity index (χ0v) is 12.7. The molecule has 1 aliphatic heterocycles. The first kappa shape index (κ1) is 15.2. The summed E-state index contributed by atoms with van der Waals surface area (Å²) in [6.45, 7) is 1.68. The van der Waals surface area contributed by atoms with Crippen LogP contribution in [0.25, 0.3) is 10.9 Å². The minimum absolute atomic E-state index is 0.406. The van der Waals surface area contributed by atoms with E-state index < -0.39 is 12.3 Å². The maximum atomic E-state index is 13.5. The van der Waals surface area contributed by atoms with Gasteiger partial charge in [0.25, 0.3) is 0 Å². The van der Waals surface area contributed by atoms with Crippen molar-refractivity contribution in [3.05, 3.63) is 36.0 Å². The fourth-order valence-electron chi connectivity index (χ4n) is 3.07. The van der Waals surface area contributed by atoms with Crippen LogP contribution in [-0.2, 0) is 0 Å². The van der Waals surface area contributed by atoms with Gasteiger partial charge in [0.05, 0.1) is 18.7 Å². The molecule has 1 N–H and O–H groups in total. The number of pyridine rings is 1. The highest BCUT2D eigenvalue weighted by atomic mass is 19.1. The Morgan fingerprint density at radius 3 is 3.09 bits per heavy atom. The molecule has 3 rings (SSSR count). The molecule has 2 heterocycles. The van der Waals surface area contributed by atoms with Crippen LogP contribution in [0.4, 0.5) is 4.39 Å². The number of piperidine rings is 1. The van der Waals surface area contributed by atoms with Crippen LogP contribution in [0.1, 0.15) is 24.5 Å². The number of halogens is 1. The molecule has 1 aromatic carbocycles. The van der Waals surface area contributed by atoms with Crippen molar-refractivity contribution in [3.63, 3.8) is 0 Å². The summed E-state index contributed by atoms with van der Waals surface area (Å²) < 4.78 is 18.7. The first-order valence-electron chi connectivity index (χ1n) is 7.64. The van der Waals surface area contributed by atoms with Crippen molar-refractivity contribution in [3.8, 4) is 5.75 Å². The number of likely N-dealkylation sites (tertiary alicyclic amines) is 1. The van der Waals surface area contributed by atoms with Gasteiger partial charge < -0.3 is 9.84 Å². The molecule has 2 aromatic rings. The first-order chi connectivity index (χ1) is 10.7. The summed E-state index contributed by atoms with van der Waals surface area (Å²) in [6.07, 6.45) is 1.72. The third-order valence-electron chi connectivity index (χ3n) is 4.22. The monoisotopic (exact) mass is 304 g/mol. The number of β-amino-alcohol motifs (C(OH)–C–C–N with tert-alkyl or cyclic N) is 1. The number of rotatable bonds is 4. The lowest BCUT2D eigenvalue weighted by Crippen LogP contribution is -2.38. The lowest BCUT2D eigenvalue weighted by Gasteiger charge is -2.30. The SMILES string of the molecule is COc1ccc2nccc(C(O)CN3CCC[C@@H](F)C3)c2c1. The molecule has 0 spiro atoms. The van der Waals surface area contributed by atoms with Crippen molar-refractivity contribution in [2.45, 2.75) is 25.1 Å². The van der Waals surface area contributed by atoms with Gasteiger partial charge in [-0.3, -0.25) is 9.88 Å². The van der Waals surface area contributed by atoms with Gasteiger partial charge in [0.15, 0.2) is 0 Å². The highest BCUT2D eigenvalue weighted by Gasteiger charge is 2.22. The summed E-state index contributed by atoms with van der Waals surface area (Å²) in [5, 5.41) is 11.5. The first-order valence-corrected chi connectivity index (χ1v) is 7.64. The Bertz CT molecular complexity index is 650. The Labute approximate surface area is 129 Å². The van der Waals surface area contributed by atoms with Gasteiger partial charge in [-0.05, 0) is 49.2 Å². The number of methoxy groups -OCH3 is 1. The fourth-order valence-corrected chi connectivity index (χ4v) is 3.07. The minimum Gasteiger partial charge on any atom is -0.497 e. The van der Waals surface area contributed by atoms with E-state index in [1.54, 1.807) is 13.3 Å². The molecule has 118 valence electrons. The third kappa shape index (κ3) is 3.20. The van der Waals surface area contributed by atoms with Crippen molar-refractivity contribution >= 4 is 10.9 Å². The van der Waals surface area contributed by atoms with Gasteiger partial charge in [-0.15, -0.1) is 0 Å². The number of ether oxygens (including phenoxy) is 1. The number of aromatic nitrogens is 1. The lowest BCUT2D eigenvalue weighted by molar-refractivity contribution is 0.0739. The molecular weight excluding hydrogens is 283 g/mol. The fraction of sp³-hybridized carbons (Fsp3) is 0.471. The highest BCUT2D eigenvalue weighted by Crippen LogP contribution is 2.27. The number of alkyl halides is 1.